The van der Waals surface area contributed by atoms with Crippen LogP contribution in [0.4, 0.5) is 13.2 Å². The van der Waals surface area contributed by atoms with E-state index >= 15 is 0 Å². The molecule has 0 fully saturated rings. The molecule has 158 valence electrons. The number of hydrogen-bond donors (Lipinski definition) is 0. The molecule has 3 nitrogen and oxygen atoms in total. The fourth-order valence-electron chi connectivity index (χ4n) is 3.41. The molecule has 1 amide bonds. The number of carbonyl (C=O) groups excluding carboxylic acids is 1. The SMILES string of the molecule is Cc1cccc(Cn2cccc2CN(C(=O)c2cccc(C(F)(F)F)c2)C(C)C)c1. The first kappa shape index (κ1) is 21.7. The molecule has 1 heterocycles. The van der Waals surface area contributed by atoms with Gasteiger partial charge in [0.15, 0.2) is 0 Å². The maximum absolute atomic E-state index is 13.1. The summed E-state index contributed by atoms with van der Waals surface area (Å²) in [6, 6.07) is 16.5. The van der Waals surface area contributed by atoms with Crippen molar-refractivity contribution in [3.05, 3.63) is 94.8 Å². The van der Waals surface area contributed by atoms with Gasteiger partial charge >= 0.3 is 6.18 Å². The first-order valence-electron chi connectivity index (χ1n) is 9.83. The molecule has 0 unspecified atom stereocenters. The monoisotopic (exact) mass is 414 g/mol. The van der Waals surface area contributed by atoms with Gasteiger partial charge in [-0.2, -0.15) is 13.2 Å². The van der Waals surface area contributed by atoms with Crippen LogP contribution < -0.4 is 0 Å². The molecule has 3 aromatic rings. The average Bonchev–Trinajstić information content (AvgIpc) is 3.11. The number of benzene rings is 2. The first-order chi connectivity index (χ1) is 14.1. The zero-order valence-electron chi connectivity index (χ0n) is 17.3. The third-order valence-electron chi connectivity index (χ3n) is 5.01. The average molecular weight is 414 g/mol. The van der Waals surface area contributed by atoms with E-state index in [2.05, 4.69) is 10.6 Å². The molecule has 30 heavy (non-hydrogen) atoms. The summed E-state index contributed by atoms with van der Waals surface area (Å²) < 4.78 is 41.2. The van der Waals surface area contributed by atoms with Gasteiger partial charge in [0.05, 0.1) is 12.1 Å². The number of hydrogen-bond acceptors (Lipinski definition) is 1. The molecule has 0 aliphatic carbocycles. The fraction of sp³-hybridized carbons (Fsp3) is 0.292. The van der Waals surface area contributed by atoms with Crippen molar-refractivity contribution in [2.24, 2.45) is 0 Å². The van der Waals surface area contributed by atoms with Gasteiger partial charge in [-0.3, -0.25) is 4.79 Å². The van der Waals surface area contributed by atoms with Crippen LogP contribution >= 0.6 is 0 Å². The third-order valence-corrected chi connectivity index (χ3v) is 5.01. The highest BCUT2D eigenvalue weighted by molar-refractivity contribution is 5.94. The summed E-state index contributed by atoms with van der Waals surface area (Å²) in [5, 5.41) is 0. The summed E-state index contributed by atoms with van der Waals surface area (Å²) in [6.07, 6.45) is -2.54. The maximum atomic E-state index is 13.1. The summed E-state index contributed by atoms with van der Waals surface area (Å²) >= 11 is 0. The molecule has 0 spiro atoms. The van der Waals surface area contributed by atoms with Gasteiger partial charge in [-0.15, -0.1) is 0 Å². The quantitative estimate of drug-likeness (QED) is 0.492. The minimum absolute atomic E-state index is 0.0373. The van der Waals surface area contributed by atoms with Gasteiger partial charge in [0.1, 0.15) is 0 Å². The summed E-state index contributed by atoms with van der Waals surface area (Å²) in [4.78, 5) is 14.7. The lowest BCUT2D eigenvalue weighted by Gasteiger charge is -2.28. The molecule has 2 aromatic carbocycles. The van der Waals surface area contributed by atoms with Gasteiger partial charge in [-0.1, -0.05) is 35.9 Å². The molecule has 0 saturated carbocycles. The highest BCUT2D eigenvalue weighted by atomic mass is 19.4. The number of amides is 1. The lowest BCUT2D eigenvalue weighted by molar-refractivity contribution is -0.137. The van der Waals surface area contributed by atoms with Crippen LogP contribution in [-0.2, 0) is 19.3 Å². The zero-order valence-corrected chi connectivity index (χ0v) is 17.3. The van der Waals surface area contributed by atoms with E-state index < -0.39 is 17.6 Å². The third kappa shape index (κ3) is 5.12. The van der Waals surface area contributed by atoms with Crippen molar-refractivity contribution < 1.29 is 18.0 Å². The van der Waals surface area contributed by atoms with Gasteiger partial charge in [0.2, 0.25) is 0 Å². The number of halogens is 3. The number of carbonyl (C=O) groups is 1. The Bertz CT molecular complexity index is 1020. The molecular formula is C24H25F3N2O. The minimum Gasteiger partial charge on any atom is -0.345 e. The van der Waals surface area contributed by atoms with Crippen LogP contribution in [0.3, 0.4) is 0 Å². The number of rotatable bonds is 6. The number of alkyl halides is 3. The second kappa shape index (κ2) is 8.78. The maximum Gasteiger partial charge on any atom is 0.416 e. The summed E-state index contributed by atoms with van der Waals surface area (Å²) in [7, 11) is 0. The molecule has 0 aliphatic heterocycles. The van der Waals surface area contributed by atoms with Crippen molar-refractivity contribution in [2.45, 2.75) is 46.1 Å². The zero-order chi connectivity index (χ0) is 21.9. The van der Waals surface area contributed by atoms with E-state index in [1.165, 1.54) is 17.7 Å². The van der Waals surface area contributed by atoms with Crippen molar-refractivity contribution in [3.8, 4) is 0 Å². The topological polar surface area (TPSA) is 25.2 Å². The van der Waals surface area contributed by atoms with Gasteiger partial charge in [-0.25, -0.2) is 0 Å². The van der Waals surface area contributed by atoms with Crippen LogP contribution in [-0.4, -0.2) is 21.4 Å². The van der Waals surface area contributed by atoms with E-state index in [4.69, 9.17) is 0 Å². The molecular weight excluding hydrogens is 389 g/mol. The lowest BCUT2D eigenvalue weighted by Crippen LogP contribution is -2.37. The summed E-state index contributed by atoms with van der Waals surface area (Å²) in [6.45, 7) is 6.73. The van der Waals surface area contributed by atoms with E-state index in [0.717, 1.165) is 23.4 Å². The molecule has 0 atom stereocenters. The van der Waals surface area contributed by atoms with Crippen LogP contribution in [0.25, 0.3) is 0 Å². The predicted octanol–water partition coefficient (Wildman–Crippen LogP) is 5.91. The van der Waals surface area contributed by atoms with E-state index in [-0.39, 0.29) is 11.6 Å². The van der Waals surface area contributed by atoms with Crippen molar-refractivity contribution in [2.75, 3.05) is 0 Å². The normalized spacial score (nSPS) is 11.7. The molecule has 0 saturated heterocycles. The Balaban J connectivity index is 1.84. The fourth-order valence-corrected chi connectivity index (χ4v) is 3.41. The van der Waals surface area contributed by atoms with E-state index in [9.17, 15) is 18.0 Å². The molecule has 1 aromatic heterocycles. The smallest absolute Gasteiger partial charge is 0.345 e. The first-order valence-corrected chi connectivity index (χ1v) is 9.83. The van der Waals surface area contributed by atoms with Crippen molar-refractivity contribution in [1.82, 2.24) is 9.47 Å². The summed E-state index contributed by atoms with van der Waals surface area (Å²) in [5.41, 5.74) is 2.46. The van der Waals surface area contributed by atoms with Gasteiger partial charge in [0.25, 0.3) is 5.91 Å². The van der Waals surface area contributed by atoms with Crippen LogP contribution in [0.15, 0.2) is 66.9 Å². The van der Waals surface area contributed by atoms with Gasteiger partial charge < -0.3 is 9.47 Å². The minimum atomic E-state index is -4.48. The van der Waals surface area contributed by atoms with Gasteiger partial charge in [-0.05, 0) is 56.7 Å². The summed E-state index contributed by atoms with van der Waals surface area (Å²) in [5.74, 6) is -0.417. The Morgan fingerprint density at radius 3 is 2.43 bits per heavy atom. The second-order valence-corrected chi connectivity index (χ2v) is 7.72. The van der Waals surface area contributed by atoms with E-state index in [0.29, 0.717) is 13.1 Å². The predicted molar refractivity (Wildman–Crippen MR) is 111 cm³/mol. The molecule has 6 heteroatoms. The number of nitrogens with zero attached hydrogens (tertiary/aromatic N) is 2. The van der Waals surface area contributed by atoms with Gasteiger partial charge in [0, 0.05) is 30.0 Å². The standard InChI is InChI=1S/C24H25F3N2O/c1-17(2)29(23(30)20-9-5-10-21(14-20)24(25,26)27)16-22-11-6-12-28(22)15-19-8-4-7-18(3)13-19/h4-14,17H,15-16H2,1-3H3. The van der Waals surface area contributed by atoms with Crippen LogP contribution in [0.2, 0.25) is 0 Å². The van der Waals surface area contributed by atoms with Crippen molar-refractivity contribution in [3.63, 3.8) is 0 Å². The Hall–Kier alpha value is -3.02. The number of aryl methyl sites for hydroxylation is 1. The van der Waals surface area contributed by atoms with Crippen LogP contribution in [0.1, 0.15) is 46.6 Å². The molecule has 0 radical (unpaired) electrons. The molecule has 3 rings (SSSR count). The Kier molecular flexibility index (Phi) is 6.34. The molecule has 0 N–H and O–H groups in total. The van der Waals surface area contributed by atoms with Crippen LogP contribution in [0.5, 0.6) is 0 Å². The molecule has 0 bridgehead atoms. The highest BCUT2D eigenvalue weighted by Crippen LogP contribution is 2.30. The van der Waals surface area contributed by atoms with Crippen LogP contribution in [0, 0.1) is 6.92 Å². The van der Waals surface area contributed by atoms with Crippen molar-refractivity contribution in [1.29, 1.82) is 0 Å². The van der Waals surface area contributed by atoms with E-state index in [1.54, 1.807) is 4.90 Å². The lowest BCUT2D eigenvalue weighted by atomic mass is 10.1. The Morgan fingerprint density at radius 1 is 1.03 bits per heavy atom. The van der Waals surface area contributed by atoms with Crippen molar-refractivity contribution >= 4 is 5.91 Å². The molecule has 0 aliphatic rings. The second-order valence-electron chi connectivity index (χ2n) is 7.72. The van der Waals surface area contributed by atoms with E-state index in [1.807, 2.05) is 57.3 Å². The Labute approximate surface area is 174 Å². The largest absolute Gasteiger partial charge is 0.416 e. The highest BCUT2D eigenvalue weighted by Gasteiger charge is 2.31. The number of aromatic nitrogens is 1. The Morgan fingerprint density at radius 2 is 1.77 bits per heavy atom.